The van der Waals surface area contributed by atoms with Crippen molar-refractivity contribution in [1.82, 2.24) is 0 Å². The number of carbonyl (C=O) groups is 1. The van der Waals surface area contributed by atoms with E-state index in [0.29, 0.717) is 13.2 Å². The van der Waals surface area contributed by atoms with Gasteiger partial charge in [-0.25, -0.2) is 14.6 Å². The SMILES string of the molecule is CCCCCC1(CCCCC)OCC(C)(/C=C/C(=O)OCC)OO1. The van der Waals surface area contributed by atoms with Crippen LogP contribution in [0.2, 0.25) is 0 Å². The van der Waals surface area contributed by atoms with Crippen LogP contribution in [0.1, 0.15) is 79.1 Å². The summed E-state index contributed by atoms with van der Waals surface area (Å²) in [5, 5.41) is 0. The van der Waals surface area contributed by atoms with Crippen LogP contribution in [0, 0.1) is 0 Å². The zero-order valence-corrected chi connectivity index (χ0v) is 15.8. The van der Waals surface area contributed by atoms with Gasteiger partial charge in [-0.2, -0.15) is 0 Å². The summed E-state index contributed by atoms with van der Waals surface area (Å²) in [6.45, 7) is 8.69. The molecule has 1 aliphatic rings. The minimum Gasteiger partial charge on any atom is -0.463 e. The summed E-state index contributed by atoms with van der Waals surface area (Å²) in [5.74, 6) is -1.04. The lowest BCUT2D eigenvalue weighted by atomic mass is 9.99. The Balaban J connectivity index is 2.61. The standard InChI is InChI=1S/C19H34O5/c1-5-8-10-13-19(14-11-9-6-2)22-16-18(4,23-24-19)15-12-17(20)21-7-3/h12,15H,5-11,13-14,16H2,1-4H3/b15-12+. The molecule has 5 nitrogen and oxygen atoms in total. The third-order valence-electron chi connectivity index (χ3n) is 4.19. The summed E-state index contributed by atoms with van der Waals surface area (Å²) in [6, 6.07) is 0. The van der Waals surface area contributed by atoms with Gasteiger partial charge in [0.1, 0.15) is 5.60 Å². The van der Waals surface area contributed by atoms with Gasteiger partial charge in [-0.15, -0.1) is 0 Å². The van der Waals surface area contributed by atoms with Crippen molar-refractivity contribution >= 4 is 5.97 Å². The van der Waals surface area contributed by atoms with Crippen molar-refractivity contribution in [3.8, 4) is 0 Å². The van der Waals surface area contributed by atoms with E-state index in [-0.39, 0.29) is 5.97 Å². The first-order chi connectivity index (χ1) is 11.5. The molecule has 1 fully saturated rings. The summed E-state index contributed by atoms with van der Waals surface area (Å²) in [5.41, 5.74) is -0.772. The third-order valence-corrected chi connectivity index (χ3v) is 4.19. The highest BCUT2D eigenvalue weighted by atomic mass is 17.2. The fourth-order valence-electron chi connectivity index (χ4n) is 2.65. The van der Waals surface area contributed by atoms with E-state index in [4.69, 9.17) is 19.2 Å². The second-order valence-electron chi connectivity index (χ2n) is 6.68. The third kappa shape index (κ3) is 7.32. The van der Waals surface area contributed by atoms with E-state index < -0.39 is 11.4 Å². The molecule has 0 spiro atoms. The van der Waals surface area contributed by atoms with Crippen LogP contribution < -0.4 is 0 Å². The molecule has 140 valence electrons. The van der Waals surface area contributed by atoms with Gasteiger partial charge in [-0.05, 0) is 32.8 Å². The Kier molecular flexibility index (Phi) is 9.56. The van der Waals surface area contributed by atoms with Gasteiger partial charge in [0.15, 0.2) is 0 Å². The maximum absolute atomic E-state index is 11.5. The number of carbonyl (C=O) groups excluding carboxylic acids is 1. The molecular weight excluding hydrogens is 308 g/mol. The van der Waals surface area contributed by atoms with Crippen molar-refractivity contribution in [2.24, 2.45) is 0 Å². The van der Waals surface area contributed by atoms with Gasteiger partial charge < -0.3 is 9.47 Å². The minimum atomic E-state index is -0.772. The first-order valence-electron chi connectivity index (χ1n) is 9.36. The topological polar surface area (TPSA) is 54.0 Å². The molecule has 1 heterocycles. The second-order valence-corrected chi connectivity index (χ2v) is 6.68. The highest BCUT2D eigenvalue weighted by Gasteiger charge is 2.42. The Bertz CT molecular complexity index is 371. The van der Waals surface area contributed by atoms with Crippen molar-refractivity contribution in [3.63, 3.8) is 0 Å². The van der Waals surface area contributed by atoms with Gasteiger partial charge in [0.05, 0.1) is 13.2 Å². The predicted octanol–water partition coefficient (Wildman–Crippen LogP) is 4.70. The molecule has 1 unspecified atom stereocenters. The van der Waals surface area contributed by atoms with Crippen LogP contribution in [0.15, 0.2) is 12.2 Å². The van der Waals surface area contributed by atoms with Gasteiger partial charge in [-0.1, -0.05) is 39.5 Å². The van der Waals surface area contributed by atoms with E-state index in [1.54, 1.807) is 13.0 Å². The lowest BCUT2D eigenvalue weighted by molar-refractivity contribution is -0.503. The van der Waals surface area contributed by atoms with Crippen LogP contribution in [-0.4, -0.2) is 30.6 Å². The molecule has 0 bridgehead atoms. The van der Waals surface area contributed by atoms with Crippen LogP contribution >= 0.6 is 0 Å². The predicted molar refractivity (Wildman–Crippen MR) is 93.3 cm³/mol. The fourth-order valence-corrected chi connectivity index (χ4v) is 2.65. The molecule has 1 atom stereocenters. The van der Waals surface area contributed by atoms with Crippen LogP contribution in [-0.2, 0) is 24.0 Å². The second kappa shape index (κ2) is 10.9. The van der Waals surface area contributed by atoms with Gasteiger partial charge in [0.2, 0.25) is 5.79 Å². The summed E-state index contributed by atoms with van der Waals surface area (Å²) in [7, 11) is 0. The maximum Gasteiger partial charge on any atom is 0.330 e. The molecule has 24 heavy (non-hydrogen) atoms. The number of esters is 1. The fraction of sp³-hybridized carbons (Fsp3) is 0.842. The van der Waals surface area contributed by atoms with E-state index in [1.807, 2.05) is 6.92 Å². The van der Waals surface area contributed by atoms with Crippen molar-refractivity contribution in [2.45, 2.75) is 90.4 Å². The van der Waals surface area contributed by atoms with E-state index in [9.17, 15) is 4.79 Å². The molecule has 0 aromatic heterocycles. The molecule has 0 radical (unpaired) electrons. The number of hydrogen-bond acceptors (Lipinski definition) is 5. The van der Waals surface area contributed by atoms with Crippen LogP contribution in [0.4, 0.5) is 0 Å². The summed E-state index contributed by atoms with van der Waals surface area (Å²) in [6.07, 6.45) is 11.4. The molecular formula is C19H34O5. The molecule has 0 saturated carbocycles. The minimum absolute atomic E-state index is 0.353. The smallest absolute Gasteiger partial charge is 0.330 e. The normalized spacial score (nSPS) is 23.5. The highest BCUT2D eigenvalue weighted by molar-refractivity contribution is 5.82. The van der Waals surface area contributed by atoms with Crippen molar-refractivity contribution in [1.29, 1.82) is 0 Å². The molecule has 0 aliphatic carbocycles. The van der Waals surface area contributed by atoms with Crippen molar-refractivity contribution in [2.75, 3.05) is 13.2 Å². The van der Waals surface area contributed by atoms with Crippen LogP contribution in [0.5, 0.6) is 0 Å². The van der Waals surface area contributed by atoms with Gasteiger partial charge in [0, 0.05) is 18.9 Å². The average molecular weight is 342 g/mol. The Morgan fingerprint density at radius 1 is 1.04 bits per heavy atom. The maximum atomic E-state index is 11.5. The lowest BCUT2D eigenvalue weighted by Gasteiger charge is -2.42. The van der Waals surface area contributed by atoms with Crippen LogP contribution in [0.25, 0.3) is 0 Å². The Hall–Kier alpha value is -0.910. The lowest BCUT2D eigenvalue weighted by Crippen LogP contribution is -2.50. The zero-order chi connectivity index (χ0) is 17.9. The summed E-state index contributed by atoms with van der Waals surface area (Å²) >= 11 is 0. The van der Waals surface area contributed by atoms with E-state index in [0.717, 1.165) is 51.4 Å². The van der Waals surface area contributed by atoms with Crippen LogP contribution in [0.3, 0.4) is 0 Å². The summed E-state index contributed by atoms with van der Waals surface area (Å²) < 4.78 is 11.0. The molecule has 1 aliphatic heterocycles. The van der Waals surface area contributed by atoms with E-state index in [1.165, 1.54) is 6.08 Å². The number of hydrogen-bond donors (Lipinski definition) is 0. The van der Waals surface area contributed by atoms with Crippen molar-refractivity contribution < 1.29 is 24.0 Å². The number of unbranched alkanes of at least 4 members (excludes halogenated alkanes) is 4. The molecule has 0 N–H and O–H groups in total. The number of ether oxygens (including phenoxy) is 2. The molecule has 0 aromatic rings. The van der Waals surface area contributed by atoms with Crippen molar-refractivity contribution in [3.05, 3.63) is 12.2 Å². The Morgan fingerprint density at radius 2 is 1.67 bits per heavy atom. The van der Waals surface area contributed by atoms with Gasteiger partial charge in [-0.3, -0.25) is 0 Å². The quantitative estimate of drug-likeness (QED) is 0.236. The first-order valence-corrected chi connectivity index (χ1v) is 9.36. The molecule has 0 amide bonds. The Labute approximate surface area is 146 Å². The first kappa shape index (κ1) is 21.1. The monoisotopic (exact) mass is 342 g/mol. The highest BCUT2D eigenvalue weighted by Crippen LogP contribution is 2.35. The molecule has 1 saturated heterocycles. The molecule has 1 rings (SSSR count). The van der Waals surface area contributed by atoms with Gasteiger partial charge in [0.25, 0.3) is 0 Å². The number of rotatable bonds is 11. The molecule has 0 aromatic carbocycles. The molecule has 5 heteroatoms. The average Bonchev–Trinajstić information content (AvgIpc) is 2.57. The Morgan fingerprint density at radius 3 is 2.12 bits per heavy atom. The largest absolute Gasteiger partial charge is 0.463 e. The van der Waals surface area contributed by atoms with Gasteiger partial charge >= 0.3 is 5.97 Å². The summed E-state index contributed by atoms with van der Waals surface area (Å²) in [4.78, 5) is 22.9. The van der Waals surface area contributed by atoms with E-state index >= 15 is 0 Å². The zero-order valence-electron chi connectivity index (χ0n) is 15.8. The van der Waals surface area contributed by atoms with E-state index in [2.05, 4.69) is 13.8 Å².